The minimum absolute atomic E-state index is 0.100. The monoisotopic (exact) mass is 402 g/mol. The minimum Gasteiger partial charge on any atom is -0.480 e. The predicted octanol–water partition coefficient (Wildman–Crippen LogP) is 0.0988. The maximum absolute atomic E-state index is 12.0. The number of anilines is 1. The van der Waals surface area contributed by atoms with Crippen LogP contribution in [-0.4, -0.2) is 55.1 Å². The van der Waals surface area contributed by atoms with E-state index >= 15 is 0 Å². The largest absolute Gasteiger partial charge is 0.480 e. The molecule has 0 saturated carbocycles. The fourth-order valence-electron chi connectivity index (χ4n) is 1.76. The molecule has 0 aliphatic heterocycles. The van der Waals surface area contributed by atoms with Crippen molar-refractivity contribution in [2.24, 2.45) is 5.14 Å². The Kier molecular flexibility index (Phi) is 7.13. The number of nitrogens with two attached hydrogens (primary N) is 1. The molecule has 150 valence electrons. The highest BCUT2D eigenvalue weighted by Gasteiger charge is 2.25. The summed E-state index contributed by atoms with van der Waals surface area (Å²) >= 11 is 0. The third-order valence-corrected chi connectivity index (χ3v) is 3.77. The number of sulfonamides is 1. The van der Waals surface area contributed by atoms with Crippen LogP contribution >= 0.6 is 0 Å². The number of carboxylic acid groups (broad SMARTS) is 1. The number of carbonyl (C=O) groups is 3. The van der Waals surface area contributed by atoms with Crippen molar-refractivity contribution in [3.8, 4) is 0 Å². The van der Waals surface area contributed by atoms with Gasteiger partial charge in [-0.25, -0.2) is 18.4 Å². The van der Waals surface area contributed by atoms with E-state index in [1.165, 1.54) is 24.3 Å². The molecule has 0 atom stereocenters. The lowest BCUT2D eigenvalue weighted by Gasteiger charge is -2.26. The highest BCUT2D eigenvalue weighted by molar-refractivity contribution is 7.89. The lowest BCUT2D eigenvalue weighted by atomic mass is 10.2. The summed E-state index contributed by atoms with van der Waals surface area (Å²) in [5.41, 5.74) is 4.27. The first kappa shape index (κ1) is 22.2. The fraction of sp³-hybridized carbons (Fsp3) is 0.400. The number of aliphatic carboxylic acids is 1. The van der Waals surface area contributed by atoms with Gasteiger partial charge >= 0.3 is 12.1 Å². The van der Waals surface area contributed by atoms with Crippen LogP contribution in [0.1, 0.15) is 20.8 Å². The number of benzene rings is 1. The van der Waals surface area contributed by atoms with Crippen molar-refractivity contribution in [1.82, 2.24) is 10.3 Å². The van der Waals surface area contributed by atoms with E-state index in [0.717, 1.165) is 4.90 Å². The first-order chi connectivity index (χ1) is 12.3. The second-order valence-corrected chi connectivity index (χ2v) is 8.03. The van der Waals surface area contributed by atoms with Gasteiger partial charge in [0.15, 0.2) is 0 Å². The molecule has 0 aliphatic rings. The van der Waals surface area contributed by atoms with E-state index in [4.69, 9.17) is 15.0 Å². The molecule has 0 radical (unpaired) electrons. The van der Waals surface area contributed by atoms with Crippen molar-refractivity contribution in [2.75, 3.05) is 18.5 Å². The van der Waals surface area contributed by atoms with Gasteiger partial charge in [0.05, 0.1) is 10.6 Å². The maximum Gasteiger partial charge on any atom is 0.411 e. The number of carboxylic acids is 1. The molecule has 11 nitrogen and oxygen atoms in total. The van der Waals surface area contributed by atoms with Crippen molar-refractivity contribution in [1.29, 1.82) is 0 Å². The minimum atomic E-state index is -3.83. The summed E-state index contributed by atoms with van der Waals surface area (Å²) in [7, 11) is -3.83. The molecule has 0 bridgehead atoms. The van der Waals surface area contributed by atoms with Crippen LogP contribution < -0.4 is 16.0 Å². The van der Waals surface area contributed by atoms with Crippen LogP contribution in [0.2, 0.25) is 0 Å². The average Bonchev–Trinajstić information content (AvgIpc) is 2.49. The highest BCUT2D eigenvalue weighted by Crippen LogP contribution is 2.12. The van der Waals surface area contributed by atoms with Gasteiger partial charge in [0.25, 0.3) is 5.91 Å². The summed E-state index contributed by atoms with van der Waals surface area (Å²) in [5.74, 6) is -2.02. The molecule has 0 unspecified atom stereocenters. The number of amides is 2. The van der Waals surface area contributed by atoms with Crippen molar-refractivity contribution in [2.45, 2.75) is 31.3 Å². The number of rotatable bonds is 7. The van der Waals surface area contributed by atoms with Crippen LogP contribution in [-0.2, 0) is 24.3 Å². The normalized spacial score (nSPS) is 11.4. The van der Waals surface area contributed by atoms with Crippen molar-refractivity contribution in [3.63, 3.8) is 0 Å². The SMILES string of the molecule is CC(C)(C)OC(=O)N(CC(=O)O)CC(=O)NNc1ccc(S(N)(=O)=O)cc1. The third kappa shape index (κ3) is 8.37. The molecule has 0 aliphatic carbocycles. The van der Waals surface area contributed by atoms with Gasteiger partial charge in [0.2, 0.25) is 10.0 Å². The number of nitrogens with zero attached hydrogens (tertiary/aromatic N) is 1. The molecular weight excluding hydrogens is 380 g/mol. The Balaban J connectivity index is 2.68. The van der Waals surface area contributed by atoms with Crippen molar-refractivity contribution < 1.29 is 32.6 Å². The number of primary sulfonamides is 1. The van der Waals surface area contributed by atoms with E-state index < -0.39 is 46.7 Å². The standard InChI is InChI=1S/C15H22N4O7S/c1-15(2,3)26-14(23)19(9-13(21)22)8-12(20)18-17-10-4-6-11(7-5-10)27(16,24)25/h4-7,17H,8-9H2,1-3H3,(H,18,20)(H,21,22)(H2,16,24,25). The molecule has 1 aromatic rings. The maximum atomic E-state index is 12.0. The van der Waals surface area contributed by atoms with E-state index in [2.05, 4.69) is 10.9 Å². The number of hydrazine groups is 1. The van der Waals surface area contributed by atoms with E-state index in [1.807, 2.05) is 0 Å². The molecule has 5 N–H and O–H groups in total. The van der Waals surface area contributed by atoms with Gasteiger partial charge in [-0.2, -0.15) is 0 Å². The van der Waals surface area contributed by atoms with Crippen LogP contribution in [0.5, 0.6) is 0 Å². The summed E-state index contributed by atoms with van der Waals surface area (Å²) in [4.78, 5) is 35.5. The summed E-state index contributed by atoms with van der Waals surface area (Å²) in [6, 6.07) is 5.20. The van der Waals surface area contributed by atoms with Crippen LogP contribution in [0.4, 0.5) is 10.5 Å². The van der Waals surface area contributed by atoms with Crippen molar-refractivity contribution in [3.05, 3.63) is 24.3 Å². The van der Waals surface area contributed by atoms with E-state index in [1.54, 1.807) is 20.8 Å². The molecule has 1 aromatic carbocycles. The van der Waals surface area contributed by atoms with Crippen LogP contribution in [0.15, 0.2) is 29.2 Å². The molecule has 0 spiro atoms. The summed E-state index contributed by atoms with van der Waals surface area (Å²) in [5, 5.41) is 13.9. The zero-order chi connectivity index (χ0) is 20.8. The Hall–Kier alpha value is -2.86. The molecule has 0 heterocycles. The Morgan fingerprint density at radius 2 is 1.70 bits per heavy atom. The zero-order valence-corrected chi connectivity index (χ0v) is 15.9. The van der Waals surface area contributed by atoms with Crippen LogP contribution in [0.25, 0.3) is 0 Å². The van der Waals surface area contributed by atoms with Gasteiger partial charge in [-0.3, -0.25) is 25.3 Å². The fourth-order valence-corrected chi connectivity index (χ4v) is 2.27. The summed E-state index contributed by atoms with van der Waals surface area (Å²) in [6.45, 7) is 3.54. The smallest absolute Gasteiger partial charge is 0.411 e. The molecule has 0 aromatic heterocycles. The molecular formula is C15H22N4O7S. The van der Waals surface area contributed by atoms with Gasteiger partial charge in [-0.1, -0.05) is 0 Å². The second kappa shape index (κ2) is 8.68. The lowest BCUT2D eigenvalue weighted by molar-refractivity contribution is -0.138. The Labute approximate surface area is 156 Å². The Morgan fingerprint density at radius 1 is 1.15 bits per heavy atom. The number of carbonyl (C=O) groups excluding carboxylic acids is 2. The molecule has 12 heteroatoms. The first-order valence-electron chi connectivity index (χ1n) is 7.65. The summed E-state index contributed by atoms with van der Waals surface area (Å²) < 4.78 is 27.4. The van der Waals surface area contributed by atoms with E-state index in [0.29, 0.717) is 5.69 Å². The number of nitrogens with one attached hydrogen (secondary N) is 2. The zero-order valence-electron chi connectivity index (χ0n) is 15.1. The van der Waals surface area contributed by atoms with E-state index in [9.17, 15) is 22.8 Å². The number of hydrogen-bond donors (Lipinski definition) is 4. The van der Waals surface area contributed by atoms with Gasteiger partial charge in [0, 0.05) is 0 Å². The molecule has 1 rings (SSSR count). The lowest BCUT2D eigenvalue weighted by Crippen LogP contribution is -2.46. The van der Waals surface area contributed by atoms with Crippen molar-refractivity contribution >= 4 is 33.7 Å². The predicted molar refractivity (Wildman–Crippen MR) is 95.0 cm³/mol. The number of hydrogen-bond acceptors (Lipinski definition) is 7. The topological polar surface area (TPSA) is 168 Å². The highest BCUT2D eigenvalue weighted by atomic mass is 32.2. The second-order valence-electron chi connectivity index (χ2n) is 6.47. The first-order valence-corrected chi connectivity index (χ1v) is 9.20. The van der Waals surface area contributed by atoms with Crippen LogP contribution in [0, 0.1) is 0 Å². The Morgan fingerprint density at radius 3 is 2.15 bits per heavy atom. The average molecular weight is 402 g/mol. The van der Waals surface area contributed by atoms with Crippen LogP contribution in [0.3, 0.4) is 0 Å². The van der Waals surface area contributed by atoms with E-state index in [-0.39, 0.29) is 4.90 Å². The van der Waals surface area contributed by atoms with Gasteiger partial charge in [-0.05, 0) is 45.0 Å². The van der Waals surface area contributed by atoms with Gasteiger partial charge < -0.3 is 9.84 Å². The Bertz CT molecular complexity index is 800. The molecule has 0 saturated heterocycles. The van der Waals surface area contributed by atoms with Gasteiger partial charge in [0.1, 0.15) is 18.7 Å². The number of ether oxygens (including phenoxy) is 1. The van der Waals surface area contributed by atoms with Gasteiger partial charge in [-0.15, -0.1) is 0 Å². The third-order valence-electron chi connectivity index (χ3n) is 2.84. The molecule has 0 fully saturated rings. The molecule has 2 amide bonds. The summed E-state index contributed by atoms with van der Waals surface area (Å²) in [6.07, 6.45) is -0.947. The quantitative estimate of drug-likeness (QED) is 0.466. The molecule has 27 heavy (non-hydrogen) atoms.